The van der Waals surface area contributed by atoms with Crippen molar-refractivity contribution in [3.63, 3.8) is 0 Å². The number of allylic oxidation sites excluding steroid dienone is 1. The van der Waals surface area contributed by atoms with E-state index in [1.54, 1.807) is 11.3 Å². The predicted octanol–water partition coefficient (Wildman–Crippen LogP) is 6.02. The summed E-state index contributed by atoms with van der Waals surface area (Å²) in [5.74, 6) is 1.68. The lowest BCUT2D eigenvalue weighted by atomic mass is 10.2. The summed E-state index contributed by atoms with van der Waals surface area (Å²) in [5.41, 5.74) is 2.19. The molecule has 3 aromatic rings. The van der Waals surface area contributed by atoms with E-state index in [4.69, 9.17) is 9.47 Å². The van der Waals surface area contributed by atoms with Gasteiger partial charge in [0.05, 0.1) is 4.88 Å². The summed E-state index contributed by atoms with van der Waals surface area (Å²) in [6, 6.07) is 20.7. The molecule has 2 aromatic carbocycles. The number of benzene rings is 2. The Balaban J connectivity index is 1.91. The minimum atomic E-state index is 0.573. The molecule has 0 atom stereocenters. The number of nitrogens with zero attached hydrogens (tertiary/aromatic N) is 1. The van der Waals surface area contributed by atoms with Crippen molar-refractivity contribution in [2.75, 3.05) is 18.1 Å². The fourth-order valence-electron chi connectivity index (χ4n) is 2.90. The van der Waals surface area contributed by atoms with E-state index in [0.717, 1.165) is 32.8 Å². The summed E-state index contributed by atoms with van der Waals surface area (Å²) < 4.78 is 11.9. The van der Waals surface area contributed by atoms with Gasteiger partial charge in [0.25, 0.3) is 0 Å². The van der Waals surface area contributed by atoms with Gasteiger partial charge in [0.1, 0.15) is 18.2 Å². The number of thiophene rings is 1. The number of hydrogen-bond acceptors (Lipinski definition) is 4. The first-order chi connectivity index (χ1) is 12.4. The Kier molecular flexibility index (Phi) is 4.44. The fourth-order valence-corrected chi connectivity index (χ4v) is 4.11. The molecule has 0 radical (unpaired) electrons. The SMILES string of the molecule is C/C=C/c1sc(N(c2ccccc2)c2ccccc2)c2c1OCCO2. The zero-order valence-corrected chi connectivity index (χ0v) is 14.8. The van der Waals surface area contributed by atoms with Crippen LogP contribution in [-0.4, -0.2) is 13.2 Å². The van der Waals surface area contributed by atoms with Gasteiger partial charge in [-0.3, -0.25) is 4.90 Å². The highest BCUT2D eigenvalue weighted by atomic mass is 32.1. The van der Waals surface area contributed by atoms with Crippen molar-refractivity contribution < 1.29 is 9.47 Å². The van der Waals surface area contributed by atoms with Gasteiger partial charge >= 0.3 is 0 Å². The Bertz CT molecular complexity index is 832. The van der Waals surface area contributed by atoms with E-state index in [2.05, 4.69) is 59.5 Å². The summed E-state index contributed by atoms with van der Waals surface area (Å²) in [4.78, 5) is 3.31. The van der Waals surface area contributed by atoms with Gasteiger partial charge in [0.15, 0.2) is 11.5 Å². The van der Waals surface area contributed by atoms with Gasteiger partial charge in [0.2, 0.25) is 0 Å². The molecule has 1 aliphatic heterocycles. The van der Waals surface area contributed by atoms with Gasteiger partial charge in [0, 0.05) is 11.4 Å². The maximum atomic E-state index is 6.02. The first-order valence-electron chi connectivity index (χ1n) is 8.34. The van der Waals surface area contributed by atoms with Crippen molar-refractivity contribution in [3.8, 4) is 11.5 Å². The molecule has 0 aliphatic carbocycles. The van der Waals surface area contributed by atoms with Crippen molar-refractivity contribution in [1.29, 1.82) is 0 Å². The highest BCUT2D eigenvalue weighted by Gasteiger charge is 2.28. The number of rotatable bonds is 4. The molecule has 3 nitrogen and oxygen atoms in total. The summed E-state index contributed by atoms with van der Waals surface area (Å²) in [7, 11) is 0. The fraction of sp³-hybridized carbons (Fsp3) is 0.143. The van der Waals surface area contributed by atoms with Crippen molar-refractivity contribution >= 4 is 33.8 Å². The monoisotopic (exact) mass is 349 g/mol. The topological polar surface area (TPSA) is 21.7 Å². The molecule has 0 spiro atoms. The van der Waals surface area contributed by atoms with E-state index < -0.39 is 0 Å². The first kappa shape index (κ1) is 15.8. The number of hydrogen-bond donors (Lipinski definition) is 0. The second kappa shape index (κ2) is 7.03. The molecule has 1 aromatic heterocycles. The molecular weight excluding hydrogens is 330 g/mol. The standard InChI is InChI=1S/C21H19NO2S/c1-2-9-18-19-20(24-15-14-23-19)21(25-18)22(16-10-5-3-6-11-16)17-12-7-4-8-13-17/h2-13H,14-15H2,1H3/b9-2+. The van der Waals surface area contributed by atoms with E-state index >= 15 is 0 Å². The van der Waals surface area contributed by atoms with Crippen LogP contribution >= 0.6 is 11.3 Å². The smallest absolute Gasteiger partial charge is 0.197 e. The number of anilines is 3. The van der Waals surface area contributed by atoms with E-state index in [-0.39, 0.29) is 0 Å². The lowest BCUT2D eigenvalue weighted by Gasteiger charge is -2.26. The highest BCUT2D eigenvalue weighted by molar-refractivity contribution is 7.18. The van der Waals surface area contributed by atoms with Gasteiger partial charge < -0.3 is 9.47 Å². The Labute approximate surface area is 151 Å². The Morgan fingerprint density at radius 3 is 1.96 bits per heavy atom. The number of fused-ring (bicyclic) bond motifs is 1. The summed E-state index contributed by atoms with van der Waals surface area (Å²) in [6.07, 6.45) is 4.11. The molecule has 0 fully saturated rings. The van der Waals surface area contributed by atoms with Crippen LogP contribution in [0.2, 0.25) is 0 Å². The van der Waals surface area contributed by atoms with Gasteiger partial charge in [-0.25, -0.2) is 0 Å². The van der Waals surface area contributed by atoms with E-state index in [9.17, 15) is 0 Å². The van der Waals surface area contributed by atoms with E-state index in [1.807, 2.05) is 25.1 Å². The molecule has 25 heavy (non-hydrogen) atoms. The zero-order valence-electron chi connectivity index (χ0n) is 14.0. The lowest BCUT2D eigenvalue weighted by molar-refractivity contribution is 0.174. The molecule has 0 saturated heterocycles. The molecule has 4 heteroatoms. The third-order valence-electron chi connectivity index (χ3n) is 3.96. The van der Waals surface area contributed by atoms with Crippen LogP contribution in [0.15, 0.2) is 66.7 Å². The van der Waals surface area contributed by atoms with Crippen LogP contribution in [0, 0.1) is 0 Å². The normalized spacial score (nSPS) is 13.2. The largest absolute Gasteiger partial charge is 0.485 e. The number of ether oxygens (including phenoxy) is 2. The van der Waals surface area contributed by atoms with Gasteiger partial charge in [-0.15, -0.1) is 11.3 Å². The summed E-state index contributed by atoms with van der Waals surface area (Å²) in [5, 5.41) is 1.04. The van der Waals surface area contributed by atoms with Gasteiger partial charge in [-0.1, -0.05) is 42.5 Å². The van der Waals surface area contributed by atoms with Gasteiger partial charge in [-0.2, -0.15) is 0 Å². The molecule has 0 amide bonds. The third kappa shape index (κ3) is 3.01. The first-order valence-corrected chi connectivity index (χ1v) is 9.15. The van der Waals surface area contributed by atoms with Crippen molar-refractivity contribution in [3.05, 3.63) is 71.6 Å². The maximum absolute atomic E-state index is 6.02. The quantitative estimate of drug-likeness (QED) is 0.575. The van der Waals surface area contributed by atoms with E-state index in [1.165, 1.54) is 0 Å². The molecular formula is C21H19NO2S. The molecule has 0 bridgehead atoms. The van der Waals surface area contributed by atoms with Crippen LogP contribution in [0.3, 0.4) is 0 Å². The minimum absolute atomic E-state index is 0.573. The Hall–Kier alpha value is -2.72. The zero-order chi connectivity index (χ0) is 17.1. The second-order valence-corrected chi connectivity index (χ2v) is 6.66. The lowest BCUT2D eigenvalue weighted by Crippen LogP contribution is -2.17. The summed E-state index contributed by atoms with van der Waals surface area (Å²) >= 11 is 1.69. The molecule has 0 unspecified atom stereocenters. The Morgan fingerprint density at radius 1 is 0.840 bits per heavy atom. The molecule has 0 N–H and O–H groups in total. The van der Waals surface area contributed by atoms with Crippen molar-refractivity contribution in [1.82, 2.24) is 0 Å². The second-order valence-electron chi connectivity index (χ2n) is 5.63. The maximum Gasteiger partial charge on any atom is 0.197 e. The predicted molar refractivity (Wildman–Crippen MR) is 105 cm³/mol. The molecule has 4 rings (SSSR count). The average molecular weight is 349 g/mol. The van der Waals surface area contributed by atoms with Gasteiger partial charge in [-0.05, 0) is 37.3 Å². The minimum Gasteiger partial charge on any atom is -0.485 e. The highest BCUT2D eigenvalue weighted by Crippen LogP contribution is 2.53. The molecule has 1 aliphatic rings. The average Bonchev–Trinajstić information content (AvgIpc) is 3.03. The van der Waals surface area contributed by atoms with Crippen molar-refractivity contribution in [2.45, 2.75) is 6.92 Å². The van der Waals surface area contributed by atoms with Crippen LogP contribution in [-0.2, 0) is 0 Å². The molecule has 0 saturated carbocycles. The van der Waals surface area contributed by atoms with E-state index in [0.29, 0.717) is 13.2 Å². The third-order valence-corrected chi connectivity index (χ3v) is 5.06. The summed E-state index contributed by atoms with van der Waals surface area (Å²) in [6.45, 7) is 3.18. The molecule has 126 valence electrons. The van der Waals surface area contributed by atoms with Crippen LogP contribution in [0.4, 0.5) is 16.4 Å². The van der Waals surface area contributed by atoms with Crippen LogP contribution in [0.1, 0.15) is 11.8 Å². The van der Waals surface area contributed by atoms with Crippen LogP contribution in [0.25, 0.3) is 6.08 Å². The number of para-hydroxylation sites is 2. The van der Waals surface area contributed by atoms with Crippen LogP contribution < -0.4 is 14.4 Å². The van der Waals surface area contributed by atoms with Crippen LogP contribution in [0.5, 0.6) is 11.5 Å². The Morgan fingerprint density at radius 2 is 1.40 bits per heavy atom. The molecule has 2 heterocycles. The van der Waals surface area contributed by atoms with Crippen molar-refractivity contribution in [2.24, 2.45) is 0 Å².